The molecule has 1 atom stereocenters. The summed E-state index contributed by atoms with van der Waals surface area (Å²) in [5.41, 5.74) is 0.0335. The Labute approximate surface area is 128 Å². The first-order chi connectivity index (χ1) is 10.3. The number of carbonyl (C=O) groups excluding carboxylic acids is 1. The van der Waals surface area contributed by atoms with E-state index in [-0.39, 0.29) is 24.1 Å². The maximum atomic E-state index is 13.1. The fraction of sp³-hybridized carbons (Fsp3) is 0.733. The minimum atomic E-state index is -4.47. The number of alkyl halides is 3. The number of hydrogen-bond acceptors (Lipinski definition) is 2. The predicted octanol–water partition coefficient (Wildman–Crippen LogP) is 3.09. The molecule has 1 aliphatic rings. The summed E-state index contributed by atoms with van der Waals surface area (Å²) >= 11 is 0. The van der Waals surface area contributed by atoms with Crippen LogP contribution in [0.4, 0.5) is 13.2 Å². The molecule has 0 saturated carbocycles. The van der Waals surface area contributed by atoms with Crippen molar-refractivity contribution in [2.24, 2.45) is 0 Å². The lowest BCUT2D eigenvalue weighted by Crippen LogP contribution is -2.35. The van der Waals surface area contributed by atoms with Crippen LogP contribution in [0, 0.1) is 0 Å². The zero-order valence-electron chi connectivity index (χ0n) is 13.0. The number of amides is 1. The minimum Gasteiger partial charge on any atom is -0.352 e. The Bertz CT molecular complexity index is 537. The van der Waals surface area contributed by atoms with Crippen LogP contribution >= 0.6 is 0 Å². The molecule has 1 amide bonds. The summed E-state index contributed by atoms with van der Waals surface area (Å²) in [4.78, 5) is 12.0. The molecular weight excluding hydrogens is 295 g/mol. The lowest BCUT2D eigenvalue weighted by molar-refractivity contribution is -0.142. The highest BCUT2D eigenvalue weighted by Crippen LogP contribution is 2.35. The van der Waals surface area contributed by atoms with E-state index in [2.05, 4.69) is 10.4 Å². The second-order valence-corrected chi connectivity index (χ2v) is 5.87. The number of hydrogen-bond donors (Lipinski definition) is 1. The van der Waals surface area contributed by atoms with Crippen molar-refractivity contribution in [2.75, 3.05) is 0 Å². The topological polar surface area (TPSA) is 46.9 Å². The quantitative estimate of drug-likeness (QED) is 0.868. The van der Waals surface area contributed by atoms with Crippen LogP contribution < -0.4 is 5.32 Å². The van der Waals surface area contributed by atoms with Crippen LogP contribution in [0.5, 0.6) is 0 Å². The van der Waals surface area contributed by atoms with Crippen molar-refractivity contribution in [1.82, 2.24) is 15.1 Å². The van der Waals surface area contributed by atoms with E-state index in [4.69, 9.17) is 0 Å². The van der Waals surface area contributed by atoms with E-state index in [9.17, 15) is 18.0 Å². The lowest BCUT2D eigenvalue weighted by Gasteiger charge is -2.12. The van der Waals surface area contributed by atoms with Crippen LogP contribution in [0.3, 0.4) is 0 Å². The first-order valence-corrected chi connectivity index (χ1v) is 7.78. The number of nitrogens with zero attached hydrogens (tertiary/aromatic N) is 2. The first-order valence-electron chi connectivity index (χ1n) is 7.78. The van der Waals surface area contributed by atoms with E-state index < -0.39 is 11.9 Å². The van der Waals surface area contributed by atoms with Gasteiger partial charge in [-0.05, 0) is 39.0 Å². The van der Waals surface area contributed by atoms with Gasteiger partial charge in [0.25, 0.3) is 0 Å². The van der Waals surface area contributed by atoms with Crippen molar-refractivity contribution in [2.45, 2.75) is 71.1 Å². The zero-order chi connectivity index (χ0) is 16.3. The third kappa shape index (κ3) is 3.81. The number of carbonyl (C=O) groups is 1. The van der Waals surface area contributed by atoms with Crippen LogP contribution in [0.2, 0.25) is 0 Å². The number of halogens is 3. The van der Waals surface area contributed by atoms with Crippen molar-refractivity contribution in [1.29, 1.82) is 0 Å². The fourth-order valence-corrected chi connectivity index (χ4v) is 2.76. The average Bonchev–Trinajstić information content (AvgIpc) is 2.62. The summed E-state index contributed by atoms with van der Waals surface area (Å²) in [5.74, 6) is -0.294. The van der Waals surface area contributed by atoms with Gasteiger partial charge in [0.1, 0.15) is 6.54 Å². The van der Waals surface area contributed by atoms with Gasteiger partial charge < -0.3 is 5.32 Å². The Morgan fingerprint density at radius 3 is 2.64 bits per heavy atom. The number of rotatable bonds is 4. The van der Waals surface area contributed by atoms with Gasteiger partial charge in [0.05, 0.1) is 0 Å². The van der Waals surface area contributed by atoms with Crippen LogP contribution in [-0.4, -0.2) is 21.7 Å². The number of nitrogens with one attached hydrogen (secondary N) is 1. The Morgan fingerprint density at radius 2 is 2.00 bits per heavy atom. The maximum Gasteiger partial charge on any atom is 0.435 e. The summed E-state index contributed by atoms with van der Waals surface area (Å²) < 4.78 is 40.7. The van der Waals surface area contributed by atoms with E-state index in [0.29, 0.717) is 18.5 Å². The normalized spacial score (nSPS) is 16.8. The second kappa shape index (κ2) is 6.71. The minimum absolute atomic E-state index is 0.00347. The summed E-state index contributed by atoms with van der Waals surface area (Å²) in [5, 5.41) is 6.48. The number of fused-ring (bicyclic) bond motifs is 1. The highest BCUT2D eigenvalue weighted by atomic mass is 19.4. The third-order valence-corrected chi connectivity index (χ3v) is 4.09. The molecule has 0 aliphatic heterocycles. The molecular formula is C15H22F3N3O. The van der Waals surface area contributed by atoms with Crippen molar-refractivity contribution in [3.8, 4) is 0 Å². The molecule has 124 valence electrons. The van der Waals surface area contributed by atoms with Gasteiger partial charge in [-0.15, -0.1) is 0 Å². The lowest BCUT2D eigenvalue weighted by atomic mass is 10.1. The van der Waals surface area contributed by atoms with E-state index in [1.165, 1.54) is 4.68 Å². The molecule has 22 heavy (non-hydrogen) atoms. The molecule has 4 nitrogen and oxygen atoms in total. The average molecular weight is 317 g/mol. The molecule has 0 radical (unpaired) electrons. The van der Waals surface area contributed by atoms with Gasteiger partial charge in [-0.2, -0.15) is 18.3 Å². The second-order valence-electron chi connectivity index (χ2n) is 5.87. The first kappa shape index (κ1) is 16.8. The van der Waals surface area contributed by atoms with E-state index in [1.807, 2.05) is 13.8 Å². The monoisotopic (exact) mass is 317 g/mol. The fourth-order valence-electron chi connectivity index (χ4n) is 2.76. The molecule has 1 aromatic heterocycles. The Balaban J connectivity index is 2.27. The zero-order valence-corrected chi connectivity index (χ0v) is 13.0. The van der Waals surface area contributed by atoms with Crippen LogP contribution in [0.15, 0.2) is 0 Å². The van der Waals surface area contributed by atoms with Gasteiger partial charge in [-0.25, -0.2) is 0 Å². The van der Waals surface area contributed by atoms with Gasteiger partial charge in [0, 0.05) is 17.3 Å². The Morgan fingerprint density at radius 1 is 1.32 bits per heavy atom. The van der Waals surface area contributed by atoms with Crippen molar-refractivity contribution in [3.05, 3.63) is 17.0 Å². The molecule has 0 spiro atoms. The molecule has 0 bridgehead atoms. The van der Waals surface area contributed by atoms with Crippen LogP contribution in [0.25, 0.3) is 0 Å². The molecule has 2 rings (SSSR count). The van der Waals surface area contributed by atoms with E-state index >= 15 is 0 Å². The van der Waals surface area contributed by atoms with E-state index in [1.54, 1.807) is 0 Å². The highest BCUT2D eigenvalue weighted by Gasteiger charge is 2.39. The van der Waals surface area contributed by atoms with Crippen LogP contribution in [-0.2, 0) is 30.4 Å². The number of aromatic nitrogens is 2. The summed E-state index contributed by atoms with van der Waals surface area (Å²) in [6, 6.07) is 0.00347. The van der Waals surface area contributed by atoms with Crippen molar-refractivity contribution in [3.63, 3.8) is 0 Å². The highest BCUT2D eigenvalue weighted by molar-refractivity contribution is 5.76. The van der Waals surface area contributed by atoms with Gasteiger partial charge in [0.15, 0.2) is 5.69 Å². The SMILES string of the molecule is CCC(C)NC(=O)Cn1nc(C(F)(F)F)c2c1CCCCC2. The summed E-state index contributed by atoms with van der Waals surface area (Å²) in [6.45, 7) is 3.65. The molecule has 0 saturated heterocycles. The molecule has 1 heterocycles. The molecule has 1 aliphatic carbocycles. The predicted molar refractivity (Wildman–Crippen MR) is 76.4 cm³/mol. The summed E-state index contributed by atoms with van der Waals surface area (Å²) in [6.07, 6.45) is -0.273. The van der Waals surface area contributed by atoms with Crippen molar-refractivity contribution < 1.29 is 18.0 Å². The van der Waals surface area contributed by atoms with Crippen LogP contribution in [0.1, 0.15) is 56.5 Å². The summed E-state index contributed by atoms with van der Waals surface area (Å²) in [7, 11) is 0. The van der Waals surface area contributed by atoms with Gasteiger partial charge >= 0.3 is 6.18 Å². The van der Waals surface area contributed by atoms with Gasteiger partial charge in [-0.1, -0.05) is 13.3 Å². The maximum absolute atomic E-state index is 13.1. The van der Waals surface area contributed by atoms with E-state index in [0.717, 1.165) is 25.7 Å². The van der Waals surface area contributed by atoms with Crippen molar-refractivity contribution >= 4 is 5.91 Å². The third-order valence-electron chi connectivity index (χ3n) is 4.09. The largest absolute Gasteiger partial charge is 0.435 e. The van der Waals surface area contributed by atoms with Gasteiger partial charge in [0.2, 0.25) is 5.91 Å². The Hall–Kier alpha value is -1.53. The molecule has 0 aromatic carbocycles. The van der Waals surface area contributed by atoms with Gasteiger partial charge in [-0.3, -0.25) is 9.48 Å². The molecule has 0 fully saturated rings. The molecule has 7 heteroatoms. The molecule has 1 unspecified atom stereocenters. The standard InChI is InChI=1S/C15H22F3N3O/c1-3-10(2)19-13(22)9-21-12-8-6-4-5-7-11(12)14(20-21)15(16,17)18/h10H,3-9H2,1-2H3,(H,19,22). The Kier molecular flexibility index (Phi) is 5.13. The molecule has 1 N–H and O–H groups in total. The smallest absolute Gasteiger partial charge is 0.352 e. The molecule has 1 aromatic rings.